The quantitative estimate of drug-likeness (QED) is 0.636. The van der Waals surface area contributed by atoms with Gasteiger partial charge >= 0.3 is 0 Å². The van der Waals surface area contributed by atoms with E-state index in [0.29, 0.717) is 0 Å². The molecule has 0 saturated heterocycles. The Morgan fingerprint density at radius 2 is 1.43 bits per heavy atom. The first-order valence-corrected chi connectivity index (χ1v) is 7.12. The molecule has 1 unspecified atom stereocenters. The highest BCUT2D eigenvalue weighted by Gasteiger charge is 2.38. The van der Waals surface area contributed by atoms with Crippen molar-refractivity contribution in [3.8, 4) is 11.5 Å². The standard InChI is InChI=1S/C19H16O2/c1-13-8-9-14-11-17-18(12-15(14)10-13)21-19(2,20-17)16-6-4-3-5-7-16/h3-12H,1-2H3. The van der Waals surface area contributed by atoms with Crippen molar-refractivity contribution >= 4 is 10.8 Å². The van der Waals surface area contributed by atoms with Crippen LogP contribution in [-0.2, 0) is 5.79 Å². The van der Waals surface area contributed by atoms with Crippen LogP contribution in [0.3, 0.4) is 0 Å². The maximum atomic E-state index is 6.11. The summed E-state index contributed by atoms with van der Waals surface area (Å²) in [6, 6.07) is 20.5. The van der Waals surface area contributed by atoms with Gasteiger partial charge in [-0.25, -0.2) is 0 Å². The SMILES string of the molecule is Cc1ccc2cc3c(cc2c1)OC(C)(c1ccccc1)O3. The van der Waals surface area contributed by atoms with Gasteiger partial charge in [-0.15, -0.1) is 0 Å². The second-order valence-electron chi connectivity index (χ2n) is 5.67. The van der Waals surface area contributed by atoms with E-state index in [-0.39, 0.29) is 0 Å². The molecule has 3 aromatic carbocycles. The normalized spacial score (nSPS) is 19.9. The Bertz CT molecular complexity index is 824. The maximum absolute atomic E-state index is 6.11. The van der Waals surface area contributed by atoms with Crippen LogP contribution < -0.4 is 9.47 Å². The molecule has 0 radical (unpaired) electrons. The van der Waals surface area contributed by atoms with Gasteiger partial charge < -0.3 is 9.47 Å². The van der Waals surface area contributed by atoms with Crippen LogP contribution in [-0.4, -0.2) is 0 Å². The van der Waals surface area contributed by atoms with Crippen molar-refractivity contribution in [3.63, 3.8) is 0 Å². The minimum Gasteiger partial charge on any atom is -0.445 e. The summed E-state index contributed by atoms with van der Waals surface area (Å²) in [6.07, 6.45) is 0. The Morgan fingerprint density at radius 3 is 2.14 bits per heavy atom. The Kier molecular flexibility index (Phi) is 2.49. The van der Waals surface area contributed by atoms with Gasteiger partial charge in [-0.1, -0.05) is 54.1 Å². The van der Waals surface area contributed by atoms with E-state index in [9.17, 15) is 0 Å². The number of fused-ring (bicyclic) bond motifs is 2. The zero-order chi connectivity index (χ0) is 14.4. The van der Waals surface area contributed by atoms with Gasteiger partial charge in [-0.2, -0.15) is 0 Å². The summed E-state index contributed by atoms with van der Waals surface area (Å²) in [5.74, 6) is 0.855. The molecule has 0 saturated carbocycles. The number of aryl methyl sites for hydroxylation is 1. The van der Waals surface area contributed by atoms with E-state index in [4.69, 9.17) is 9.47 Å². The fourth-order valence-electron chi connectivity index (χ4n) is 2.83. The van der Waals surface area contributed by atoms with Gasteiger partial charge in [-0.05, 0) is 29.8 Å². The van der Waals surface area contributed by atoms with Gasteiger partial charge in [0.05, 0.1) is 0 Å². The first-order chi connectivity index (χ1) is 10.1. The van der Waals surface area contributed by atoms with E-state index in [1.807, 2.05) is 37.3 Å². The summed E-state index contributed by atoms with van der Waals surface area (Å²) < 4.78 is 12.2. The van der Waals surface area contributed by atoms with Gasteiger partial charge in [0.1, 0.15) is 0 Å². The third-order valence-electron chi connectivity index (χ3n) is 3.97. The second kappa shape index (κ2) is 4.26. The van der Waals surface area contributed by atoms with Gasteiger partial charge in [0, 0.05) is 12.5 Å². The van der Waals surface area contributed by atoms with Crippen molar-refractivity contribution in [2.45, 2.75) is 19.6 Å². The molecule has 2 nitrogen and oxygen atoms in total. The number of rotatable bonds is 1. The summed E-state index contributed by atoms with van der Waals surface area (Å²) in [7, 11) is 0. The predicted molar refractivity (Wildman–Crippen MR) is 83.7 cm³/mol. The largest absolute Gasteiger partial charge is 0.445 e. The fraction of sp³-hybridized carbons (Fsp3) is 0.158. The van der Waals surface area contributed by atoms with Crippen molar-refractivity contribution in [1.82, 2.24) is 0 Å². The number of ether oxygens (including phenoxy) is 2. The van der Waals surface area contributed by atoms with Gasteiger partial charge in [0.25, 0.3) is 5.79 Å². The first-order valence-electron chi connectivity index (χ1n) is 7.12. The van der Waals surface area contributed by atoms with Crippen molar-refractivity contribution in [3.05, 3.63) is 71.8 Å². The molecule has 0 N–H and O–H groups in total. The Balaban J connectivity index is 1.81. The smallest absolute Gasteiger partial charge is 0.275 e. The Labute approximate surface area is 123 Å². The molecule has 4 rings (SSSR count). The molecule has 3 aromatic rings. The average Bonchev–Trinajstić information content (AvgIpc) is 2.82. The third kappa shape index (κ3) is 1.95. The second-order valence-corrected chi connectivity index (χ2v) is 5.67. The van der Waals surface area contributed by atoms with Crippen molar-refractivity contribution in [1.29, 1.82) is 0 Å². The molecule has 0 aromatic heterocycles. The molecule has 1 aliphatic rings. The van der Waals surface area contributed by atoms with Crippen molar-refractivity contribution in [2.75, 3.05) is 0 Å². The lowest BCUT2D eigenvalue weighted by atomic mass is 10.1. The minimum atomic E-state index is -0.754. The van der Waals surface area contributed by atoms with E-state index in [2.05, 4.69) is 37.3 Å². The van der Waals surface area contributed by atoms with Crippen LogP contribution in [0, 0.1) is 6.92 Å². The number of benzene rings is 3. The van der Waals surface area contributed by atoms with E-state index < -0.39 is 5.79 Å². The van der Waals surface area contributed by atoms with Gasteiger partial charge in [0.15, 0.2) is 11.5 Å². The molecule has 0 amide bonds. The first kappa shape index (κ1) is 12.3. The maximum Gasteiger partial charge on any atom is 0.275 e. The highest BCUT2D eigenvalue weighted by molar-refractivity contribution is 5.87. The summed E-state index contributed by atoms with van der Waals surface area (Å²) in [5, 5.41) is 2.34. The molecule has 1 aliphatic heterocycles. The molecule has 0 spiro atoms. The average molecular weight is 276 g/mol. The van der Waals surface area contributed by atoms with Crippen LogP contribution in [0.1, 0.15) is 18.1 Å². The van der Waals surface area contributed by atoms with E-state index in [0.717, 1.165) is 17.1 Å². The predicted octanol–water partition coefficient (Wildman–Crippen LogP) is 4.79. The molecule has 0 bridgehead atoms. The lowest BCUT2D eigenvalue weighted by Gasteiger charge is -2.23. The van der Waals surface area contributed by atoms with E-state index in [1.54, 1.807) is 0 Å². The minimum absolute atomic E-state index is 0.754. The molecule has 0 fully saturated rings. The zero-order valence-electron chi connectivity index (χ0n) is 12.1. The Morgan fingerprint density at radius 1 is 0.762 bits per heavy atom. The van der Waals surface area contributed by atoms with Gasteiger partial charge in [-0.3, -0.25) is 0 Å². The van der Waals surface area contributed by atoms with Crippen molar-refractivity contribution in [2.24, 2.45) is 0 Å². The highest BCUT2D eigenvalue weighted by Crippen LogP contribution is 2.45. The lowest BCUT2D eigenvalue weighted by Crippen LogP contribution is -2.31. The number of hydrogen-bond acceptors (Lipinski definition) is 2. The molecule has 1 atom stereocenters. The highest BCUT2D eigenvalue weighted by atomic mass is 16.7. The van der Waals surface area contributed by atoms with Crippen LogP contribution >= 0.6 is 0 Å². The van der Waals surface area contributed by atoms with E-state index >= 15 is 0 Å². The van der Waals surface area contributed by atoms with Crippen LogP contribution in [0.5, 0.6) is 11.5 Å². The lowest BCUT2D eigenvalue weighted by molar-refractivity contribution is -0.0679. The molecular weight excluding hydrogens is 260 g/mol. The molecular formula is C19H16O2. The summed E-state index contributed by atoms with van der Waals surface area (Å²) in [4.78, 5) is 0. The number of hydrogen-bond donors (Lipinski definition) is 0. The van der Waals surface area contributed by atoms with Gasteiger partial charge in [0.2, 0.25) is 0 Å². The van der Waals surface area contributed by atoms with Crippen LogP contribution in [0.25, 0.3) is 10.8 Å². The summed E-state index contributed by atoms with van der Waals surface area (Å²) in [6.45, 7) is 4.05. The molecule has 2 heteroatoms. The summed E-state index contributed by atoms with van der Waals surface area (Å²) in [5.41, 5.74) is 2.26. The van der Waals surface area contributed by atoms with Crippen molar-refractivity contribution < 1.29 is 9.47 Å². The summed E-state index contributed by atoms with van der Waals surface area (Å²) >= 11 is 0. The van der Waals surface area contributed by atoms with Crippen LogP contribution in [0.2, 0.25) is 0 Å². The third-order valence-corrected chi connectivity index (χ3v) is 3.97. The van der Waals surface area contributed by atoms with Crippen LogP contribution in [0.15, 0.2) is 60.7 Å². The monoisotopic (exact) mass is 276 g/mol. The Hall–Kier alpha value is -2.48. The fourth-order valence-corrected chi connectivity index (χ4v) is 2.83. The molecule has 0 aliphatic carbocycles. The zero-order valence-corrected chi connectivity index (χ0v) is 12.1. The topological polar surface area (TPSA) is 18.5 Å². The van der Waals surface area contributed by atoms with Crippen LogP contribution in [0.4, 0.5) is 0 Å². The molecule has 21 heavy (non-hydrogen) atoms. The molecule has 1 heterocycles. The molecule has 104 valence electrons. The van der Waals surface area contributed by atoms with E-state index in [1.165, 1.54) is 16.3 Å².